The topological polar surface area (TPSA) is 42.0 Å². The summed E-state index contributed by atoms with van der Waals surface area (Å²) in [6.07, 6.45) is 1.17. The van der Waals surface area contributed by atoms with Gasteiger partial charge in [-0.2, -0.15) is 4.39 Å². The maximum absolute atomic E-state index is 13.7. The van der Waals surface area contributed by atoms with Crippen molar-refractivity contribution in [3.63, 3.8) is 0 Å². The second-order valence-corrected chi connectivity index (χ2v) is 3.76. The molecule has 0 unspecified atom stereocenters. The number of pyridine rings is 1. The molecule has 1 N–H and O–H groups in total. The molecular weight excluding hydrogens is 238 g/mol. The fraction of sp³-hybridized carbons (Fsp3) is 0.0769. The van der Waals surface area contributed by atoms with Gasteiger partial charge in [0.15, 0.2) is 0 Å². The number of hydrogen-bond donors (Lipinski definition) is 1. The zero-order valence-electron chi connectivity index (χ0n) is 9.58. The van der Waals surface area contributed by atoms with E-state index in [-0.39, 0.29) is 5.56 Å². The molecule has 1 heterocycles. The summed E-state index contributed by atoms with van der Waals surface area (Å²) in [5.74, 6) is -1.80. The molecule has 0 fully saturated rings. The highest BCUT2D eigenvalue weighted by molar-refractivity contribution is 6.04. The van der Waals surface area contributed by atoms with Crippen LogP contribution >= 0.6 is 0 Å². The Bertz CT molecular complexity index is 582. The molecule has 0 atom stereocenters. The number of nitrogens with zero attached hydrogens (tertiary/aromatic N) is 1. The molecule has 0 aliphatic rings. The van der Waals surface area contributed by atoms with Crippen LogP contribution in [0, 0.1) is 18.7 Å². The number of benzene rings is 1. The maximum Gasteiger partial charge on any atom is 0.258 e. The summed E-state index contributed by atoms with van der Waals surface area (Å²) in [6, 6.07) is 7.02. The zero-order valence-corrected chi connectivity index (χ0v) is 9.58. The molecule has 2 rings (SSSR count). The van der Waals surface area contributed by atoms with Gasteiger partial charge in [-0.1, -0.05) is 12.1 Å². The molecular formula is C13H10F2N2O. The Morgan fingerprint density at radius 1 is 1.22 bits per heavy atom. The molecule has 1 aromatic carbocycles. The number of carbonyl (C=O) groups excluding carboxylic acids is 1. The third-order valence-corrected chi connectivity index (χ3v) is 2.42. The number of aryl methyl sites for hydroxylation is 1. The van der Waals surface area contributed by atoms with E-state index in [0.29, 0.717) is 11.3 Å². The van der Waals surface area contributed by atoms with Crippen molar-refractivity contribution < 1.29 is 13.6 Å². The minimum absolute atomic E-state index is 0.0562. The van der Waals surface area contributed by atoms with Crippen molar-refractivity contribution >= 4 is 11.6 Å². The average molecular weight is 248 g/mol. The first-order chi connectivity index (χ1) is 8.58. The molecule has 0 saturated heterocycles. The summed E-state index contributed by atoms with van der Waals surface area (Å²) >= 11 is 0. The summed E-state index contributed by atoms with van der Waals surface area (Å²) in [6.45, 7) is 1.57. The van der Waals surface area contributed by atoms with Crippen LogP contribution in [0.15, 0.2) is 36.5 Å². The van der Waals surface area contributed by atoms with Gasteiger partial charge in [-0.25, -0.2) is 9.37 Å². The lowest BCUT2D eigenvalue weighted by Crippen LogP contribution is -2.14. The number of aromatic nitrogens is 1. The standard InChI is InChI=1S/C13H10F2N2O/c1-8-3-2-4-10(12(8)15)13(18)17-9-5-6-11(14)16-7-9/h2-7H,1H3,(H,17,18). The average Bonchev–Trinajstić information content (AvgIpc) is 2.35. The predicted molar refractivity (Wildman–Crippen MR) is 63.3 cm³/mol. The molecule has 0 aliphatic carbocycles. The van der Waals surface area contributed by atoms with Gasteiger partial charge in [-0.05, 0) is 30.7 Å². The second kappa shape index (κ2) is 4.91. The molecule has 18 heavy (non-hydrogen) atoms. The SMILES string of the molecule is Cc1cccc(C(=O)Nc2ccc(F)nc2)c1F. The largest absolute Gasteiger partial charge is 0.320 e. The molecule has 3 nitrogen and oxygen atoms in total. The van der Waals surface area contributed by atoms with Gasteiger partial charge >= 0.3 is 0 Å². The van der Waals surface area contributed by atoms with Crippen molar-refractivity contribution in [3.8, 4) is 0 Å². The van der Waals surface area contributed by atoms with Crippen LogP contribution in [0.2, 0.25) is 0 Å². The number of nitrogens with one attached hydrogen (secondary N) is 1. The Hall–Kier alpha value is -2.30. The van der Waals surface area contributed by atoms with E-state index in [1.165, 1.54) is 18.3 Å². The van der Waals surface area contributed by atoms with Crippen molar-refractivity contribution in [2.24, 2.45) is 0 Å². The highest BCUT2D eigenvalue weighted by Crippen LogP contribution is 2.14. The molecule has 0 aliphatic heterocycles. The normalized spacial score (nSPS) is 10.2. The van der Waals surface area contributed by atoms with Crippen LogP contribution in [0.25, 0.3) is 0 Å². The summed E-state index contributed by atoms with van der Waals surface area (Å²) in [4.78, 5) is 15.2. The minimum Gasteiger partial charge on any atom is -0.320 e. The van der Waals surface area contributed by atoms with Gasteiger partial charge in [0.05, 0.1) is 17.4 Å². The van der Waals surface area contributed by atoms with Crippen molar-refractivity contribution in [1.82, 2.24) is 4.98 Å². The number of rotatable bonds is 2. The van der Waals surface area contributed by atoms with Gasteiger partial charge < -0.3 is 5.32 Å². The first kappa shape index (κ1) is 12.2. The molecule has 0 spiro atoms. The Morgan fingerprint density at radius 2 is 2.00 bits per heavy atom. The Kier molecular flexibility index (Phi) is 3.32. The third-order valence-electron chi connectivity index (χ3n) is 2.42. The van der Waals surface area contributed by atoms with Gasteiger partial charge in [0.25, 0.3) is 5.91 Å². The predicted octanol–water partition coefficient (Wildman–Crippen LogP) is 2.92. The van der Waals surface area contributed by atoms with Gasteiger partial charge in [-0.15, -0.1) is 0 Å². The second-order valence-electron chi connectivity index (χ2n) is 3.76. The first-order valence-electron chi connectivity index (χ1n) is 5.26. The van der Waals surface area contributed by atoms with Crippen LogP contribution in [0.5, 0.6) is 0 Å². The monoisotopic (exact) mass is 248 g/mol. The van der Waals surface area contributed by atoms with Crippen molar-refractivity contribution in [1.29, 1.82) is 0 Å². The lowest BCUT2D eigenvalue weighted by atomic mass is 10.1. The molecule has 1 aromatic heterocycles. The Balaban J connectivity index is 2.22. The van der Waals surface area contributed by atoms with Crippen LogP contribution in [-0.2, 0) is 0 Å². The third kappa shape index (κ3) is 2.51. The van der Waals surface area contributed by atoms with E-state index in [1.54, 1.807) is 19.1 Å². The fourth-order valence-corrected chi connectivity index (χ4v) is 1.47. The van der Waals surface area contributed by atoms with Crippen LogP contribution < -0.4 is 5.32 Å². The number of anilines is 1. The highest BCUT2D eigenvalue weighted by atomic mass is 19.1. The van der Waals surface area contributed by atoms with E-state index in [2.05, 4.69) is 10.3 Å². The summed E-state index contributed by atoms with van der Waals surface area (Å²) in [5, 5.41) is 2.45. The summed E-state index contributed by atoms with van der Waals surface area (Å²) in [5.41, 5.74) is 0.640. The van der Waals surface area contributed by atoms with Crippen LogP contribution in [0.3, 0.4) is 0 Å². The first-order valence-corrected chi connectivity index (χ1v) is 5.26. The Morgan fingerprint density at radius 3 is 2.67 bits per heavy atom. The smallest absolute Gasteiger partial charge is 0.258 e. The number of amides is 1. The molecule has 1 amide bonds. The van der Waals surface area contributed by atoms with E-state index in [0.717, 1.165) is 6.07 Å². The number of halogens is 2. The zero-order chi connectivity index (χ0) is 13.1. The van der Waals surface area contributed by atoms with Gasteiger partial charge in [-0.3, -0.25) is 4.79 Å². The lowest BCUT2D eigenvalue weighted by Gasteiger charge is -2.06. The van der Waals surface area contributed by atoms with E-state index in [9.17, 15) is 13.6 Å². The van der Waals surface area contributed by atoms with Gasteiger partial charge in [0.2, 0.25) is 5.95 Å². The number of hydrogen-bond acceptors (Lipinski definition) is 2. The molecule has 2 aromatic rings. The van der Waals surface area contributed by atoms with Crippen molar-refractivity contribution in [2.45, 2.75) is 6.92 Å². The summed E-state index contributed by atoms with van der Waals surface area (Å²) < 4.78 is 26.3. The maximum atomic E-state index is 13.7. The van der Waals surface area contributed by atoms with Crippen molar-refractivity contribution in [3.05, 3.63) is 59.4 Å². The molecule has 0 radical (unpaired) electrons. The molecule has 5 heteroatoms. The van der Waals surface area contributed by atoms with E-state index < -0.39 is 17.7 Å². The number of carbonyl (C=O) groups is 1. The molecule has 92 valence electrons. The molecule has 0 saturated carbocycles. The van der Waals surface area contributed by atoms with Crippen LogP contribution in [0.4, 0.5) is 14.5 Å². The van der Waals surface area contributed by atoms with E-state index in [1.807, 2.05) is 0 Å². The lowest BCUT2D eigenvalue weighted by molar-refractivity contribution is 0.102. The van der Waals surface area contributed by atoms with E-state index in [4.69, 9.17) is 0 Å². The molecule has 0 bridgehead atoms. The Labute approximate surface area is 102 Å². The van der Waals surface area contributed by atoms with E-state index >= 15 is 0 Å². The van der Waals surface area contributed by atoms with Gasteiger partial charge in [0, 0.05) is 0 Å². The van der Waals surface area contributed by atoms with Crippen molar-refractivity contribution in [2.75, 3.05) is 5.32 Å². The quantitative estimate of drug-likeness (QED) is 0.830. The van der Waals surface area contributed by atoms with Crippen LogP contribution in [0.1, 0.15) is 15.9 Å². The van der Waals surface area contributed by atoms with Crippen LogP contribution in [-0.4, -0.2) is 10.9 Å². The fourth-order valence-electron chi connectivity index (χ4n) is 1.47. The summed E-state index contributed by atoms with van der Waals surface area (Å²) in [7, 11) is 0. The van der Waals surface area contributed by atoms with Gasteiger partial charge in [0.1, 0.15) is 5.82 Å². The highest BCUT2D eigenvalue weighted by Gasteiger charge is 2.13. The minimum atomic E-state index is -0.644.